The maximum atomic E-state index is 12.5. The van der Waals surface area contributed by atoms with Gasteiger partial charge >= 0.3 is 5.97 Å². The van der Waals surface area contributed by atoms with Gasteiger partial charge in [0.05, 0.1) is 23.6 Å². The molecule has 1 N–H and O–H groups in total. The van der Waals surface area contributed by atoms with Crippen LogP contribution in [0.3, 0.4) is 0 Å². The molecule has 1 aliphatic carbocycles. The van der Waals surface area contributed by atoms with Crippen LogP contribution in [-0.4, -0.2) is 36.9 Å². The number of thioether (sulfide) groups is 1. The highest BCUT2D eigenvalue weighted by atomic mass is 32.2. The number of oxime groups is 1. The fraction of sp³-hybridized carbons (Fsp3) is 0.462. The van der Waals surface area contributed by atoms with E-state index in [0.717, 1.165) is 33.9 Å². The molecule has 1 heterocycles. The van der Waals surface area contributed by atoms with Gasteiger partial charge in [0.15, 0.2) is 0 Å². The van der Waals surface area contributed by atoms with E-state index in [4.69, 9.17) is 9.47 Å². The molecule has 1 aromatic rings. The molecule has 184 valence electrons. The lowest BCUT2D eigenvalue weighted by Gasteiger charge is -2.25. The number of ether oxygens (including phenoxy) is 2. The summed E-state index contributed by atoms with van der Waals surface area (Å²) in [5.74, 6) is 0.598. The second-order valence-electron chi connectivity index (χ2n) is 6.76. The van der Waals surface area contributed by atoms with Gasteiger partial charge in [-0.1, -0.05) is 43.3 Å². The molecule has 0 spiro atoms. The number of nitrogens with zero attached hydrogens (tertiary/aromatic N) is 1. The third-order valence-electron chi connectivity index (χ3n) is 4.76. The topological polar surface area (TPSA) is 68.1 Å². The minimum atomic E-state index is -0.303. The first-order valence-corrected chi connectivity index (χ1v) is 13.1. The Bertz CT molecular complexity index is 866. The third kappa shape index (κ3) is 8.89. The van der Waals surface area contributed by atoms with Gasteiger partial charge < -0.3 is 14.7 Å². The fourth-order valence-corrected chi connectivity index (χ4v) is 5.29. The lowest BCUT2D eigenvalue weighted by Crippen LogP contribution is -2.22. The van der Waals surface area contributed by atoms with E-state index in [1.807, 2.05) is 33.1 Å². The average molecular weight is 494 g/mol. The summed E-state index contributed by atoms with van der Waals surface area (Å²) < 4.78 is 11.4. The van der Waals surface area contributed by atoms with Crippen LogP contribution in [0.15, 0.2) is 58.2 Å². The number of carbonyl (C=O) groups is 1. The van der Waals surface area contributed by atoms with Crippen LogP contribution in [0.1, 0.15) is 68.3 Å². The first-order chi connectivity index (χ1) is 15.9. The van der Waals surface area contributed by atoms with Crippen molar-refractivity contribution in [3.05, 3.63) is 64.8 Å². The number of hydrogen-bond donors (Lipinski definition) is 1. The molecule has 0 saturated carbocycles. The molecule has 7 heteroatoms. The lowest BCUT2D eigenvalue weighted by molar-refractivity contribution is 0.0530. The third-order valence-corrected chi connectivity index (χ3v) is 7.09. The molecule has 1 atom stereocenters. The Labute approximate surface area is 208 Å². The van der Waals surface area contributed by atoms with E-state index in [-0.39, 0.29) is 11.9 Å². The molecule has 0 aliphatic heterocycles. The van der Waals surface area contributed by atoms with Crippen molar-refractivity contribution >= 4 is 34.8 Å². The van der Waals surface area contributed by atoms with E-state index in [0.29, 0.717) is 23.6 Å². The highest BCUT2D eigenvalue weighted by molar-refractivity contribution is 8.00. The summed E-state index contributed by atoms with van der Waals surface area (Å²) >= 11 is 2.99. The highest BCUT2D eigenvalue weighted by Gasteiger charge is 2.33. The zero-order chi connectivity index (χ0) is 25.4. The molecular formula is C26H39NO4S2. The molecule has 2 rings (SSSR count). The second kappa shape index (κ2) is 17.3. The van der Waals surface area contributed by atoms with Gasteiger partial charge in [0, 0.05) is 12.0 Å². The van der Waals surface area contributed by atoms with E-state index in [9.17, 15) is 10.0 Å². The summed E-state index contributed by atoms with van der Waals surface area (Å²) in [5, 5.41) is 13.2. The first-order valence-electron chi connectivity index (χ1n) is 11.1. The van der Waals surface area contributed by atoms with E-state index < -0.39 is 0 Å². The summed E-state index contributed by atoms with van der Waals surface area (Å²) in [7, 11) is 1.62. The van der Waals surface area contributed by atoms with Crippen LogP contribution in [0.4, 0.5) is 0 Å². The molecule has 33 heavy (non-hydrogen) atoms. The molecule has 1 aliphatic rings. The van der Waals surface area contributed by atoms with E-state index in [2.05, 4.69) is 31.3 Å². The number of thiophene rings is 1. The predicted octanol–water partition coefficient (Wildman–Crippen LogP) is 7.66. The van der Waals surface area contributed by atoms with Gasteiger partial charge in [-0.25, -0.2) is 4.79 Å². The second-order valence-corrected chi connectivity index (χ2v) is 8.85. The molecule has 1 unspecified atom stereocenters. The van der Waals surface area contributed by atoms with Gasteiger partial charge in [0.2, 0.25) is 0 Å². The quantitative estimate of drug-likeness (QED) is 0.0766. The molecule has 0 amide bonds. The zero-order valence-corrected chi connectivity index (χ0v) is 22.7. The van der Waals surface area contributed by atoms with Crippen LogP contribution >= 0.6 is 23.1 Å². The average Bonchev–Trinajstić information content (AvgIpc) is 3.22. The van der Waals surface area contributed by atoms with Gasteiger partial charge in [0.1, 0.15) is 10.6 Å². The molecule has 0 aromatic carbocycles. The monoisotopic (exact) mass is 493 g/mol. The van der Waals surface area contributed by atoms with Crippen molar-refractivity contribution in [2.75, 3.05) is 20.0 Å². The summed E-state index contributed by atoms with van der Waals surface area (Å²) in [5.41, 5.74) is 3.66. The van der Waals surface area contributed by atoms with Crippen molar-refractivity contribution in [1.29, 1.82) is 0 Å². The van der Waals surface area contributed by atoms with Crippen LogP contribution in [0.5, 0.6) is 0 Å². The smallest absolute Gasteiger partial charge is 0.348 e. The lowest BCUT2D eigenvalue weighted by atomic mass is 9.79. The molecular weight excluding hydrogens is 454 g/mol. The Morgan fingerprint density at radius 3 is 2.42 bits per heavy atom. The number of allylic oxidation sites excluding steroid dienone is 5. The minimum absolute atomic E-state index is 0.166. The van der Waals surface area contributed by atoms with Crippen LogP contribution in [-0.2, 0) is 15.9 Å². The molecule has 0 radical (unpaired) electrons. The minimum Gasteiger partial charge on any atom is -0.497 e. The van der Waals surface area contributed by atoms with E-state index >= 15 is 0 Å². The van der Waals surface area contributed by atoms with Crippen LogP contribution < -0.4 is 0 Å². The molecule has 1 aromatic heterocycles. The van der Waals surface area contributed by atoms with Crippen LogP contribution in [0.25, 0.3) is 0 Å². The summed E-state index contributed by atoms with van der Waals surface area (Å²) in [6.45, 7) is 17.2. The Morgan fingerprint density at radius 2 is 1.94 bits per heavy atom. The van der Waals surface area contributed by atoms with Gasteiger partial charge in [0.25, 0.3) is 0 Å². The summed E-state index contributed by atoms with van der Waals surface area (Å²) in [6, 6.07) is 0. The number of fused-ring (bicyclic) bond motifs is 1. The Kier molecular flexibility index (Phi) is 16.1. The fourth-order valence-electron chi connectivity index (χ4n) is 3.28. The number of carbonyl (C=O) groups excluding carboxylic acids is 1. The Hall–Kier alpha value is -2.25. The van der Waals surface area contributed by atoms with Crippen molar-refractivity contribution in [2.45, 2.75) is 58.1 Å². The highest BCUT2D eigenvalue weighted by Crippen LogP contribution is 2.42. The standard InChI is InChI=1S/C21H27NO4S2.C3H6.C2H6/c1-6-15(25-4)10-8-9-13(3)14-11-16-18(17(12-14)22-24)21(27-5)28-19(16)20(23)26-7-2;1-3-2;1-2/h6,9-10,14,24H,1,7-8,11-12H2,2-5H3;3H,1H2,2H3;1-2H3/b13-9+,15-10+,22-17+;;. The van der Waals surface area contributed by atoms with Crippen LogP contribution in [0.2, 0.25) is 0 Å². The number of methoxy groups -OCH3 is 1. The Morgan fingerprint density at radius 1 is 1.30 bits per heavy atom. The normalized spacial score (nSPS) is 16.5. The van der Waals surface area contributed by atoms with Gasteiger partial charge in [-0.05, 0) is 63.5 Å². The number of esters is 1. The van der Waals surface area contributed by atoms with Crippen molar-refractivity contribution in [3.63, 3.8) is 0 Å². The van der Waals surface area contributed by atoms with Gasteiger partial charge in [-0.3, -0.25) is 0 Å². The zero-order valence-electron chi connectivity index (χ0n) is 21.1. The van der Waals surface area contributed by atoms with Crippen molar-refractivity contribution in [1.82, 2.24) is 0 Å². The number of rotatable bonds is 8. The first kappa shape index (κ1) is 30.8. The molecule has 5 nitrogen and oxygen atoms in total. The van der Waals surface area contributed by atoms with Gasteiger partial charge in [-0.15, -0.1) is 29.7 Å². The predicted molar refractivity (Wildman–Crippen MR) is 143 cm³/mol. The molecule has 0 fully saturated rings. The van der Waals surface area contributed by atoms with E-state index in [1.54, 1.807) is 37.9 Å². The maximum Gasteiger partial charge on any atom is 0.348 e. The number of hydrogen-bond acceptors (Lipinski definition) is 7. The SMILES string of the molecule is C=C/C(=C\C/C=C(\C)C1C/C(=N\O)c2c(SC)sc(C(=O)OCC)c2C1)OC.C=CC.CC. The summed E-state index contributed by atoms with van der Waals surface area (Å²) in [6.07, 6.45) is 11.6. The summed E-state index contributed by atoms with van der Waals surface area (Å²) in [4.78, 5) is 13.1. The maximum absolute atomic E-state index is 12.5. The molecule has 0 saturated heterocycles. The van der Waals surface area contributed by atoms with Crippen molar-refractivity contribution in [3.8, 4) is 0 Å². The molecule has 0 bridgehead atoms. The van der Waals surface area contributed by atoms with Gasteiger partial charge in [-0.2, -0.15) is 0 Å². The largest absolute Gasteiger partial charge is 0.497 e. The van der Waals surface area contributed by atoms with Crippen molar-refractivity contribution in [2.24, 2.45) is 11.1 Å². The van der Waals surface area contributed by atoms with Crippen molar-refractivity contribution < 1.29 is 19.5 Å². The van der Waals surface area contributed by atoms with Crippen LogP contribution in [0, 0.1) is 5.92 Å². The Balaban J connectivity index is 0.00000189. The van der Waals surface area contributed by atoms with E-state index in [1.165, 1.54) is 16.9 Å².